The molecule has 0 bridgehead atoms. The van der Waals surface area contributed by atoms with Gasteiger partial charge in [0.1, 0.15) is 0 Å². The highest BCUT2D eigenvalue weighted by Crippen LogP contribution is 2.00. The van der Waals surface area contributed by atoms with E-state index in [1.54, 1.807) is 11.9 Å². The number of nitrogens with two attached hydrogens (primary N) is 1. The van der Waals surface area contributed by atoms with Gasteiger partial charge in [-0.05, 0) is 33.5 Å². The van der Waals surface area contributed by atoms with Crippen LogP contribution in [-0.4, -0.2) is 67.1 Å². The van der Waals surface area contributed by atoms with Gasteiger partial charge >= 0.3 is 5.97 Å². The van der Waals surface area contributed by atoms with E-state index < -0.39 is 12.0 Å². The van der Waals surface area contributed by atoms with Crippen LogP contribution in [0, 0.1) is 0 Å². The minimum atomic E-state index is -0.927. The molecule has 0 aromatic heterocycles. The van der Waals surface area contributed by atoms with Crippen LogP contribution in [0.15, 0.2) is 0 Å². The summed E-state index contributed by atoms with van der Waals surface area (Å²) in [5.41, 5.74) is 5.63. The zero-order valence-corrected chi connectivity index (χ0v) is 10.8. The Bertz CT molecular complexity index is 256. The summed E-state index contributed by atoms with van der Waals surface area (Å²) < 4.78 is 0. The van der Waals surface area contributed by atoms with Crippen molar-refractivity contribution in [3.05, 3.63) is 0 Å². The average Bonchev–Trinajstić information content (AvgIpc) is 2.24. The summed E-state index contributed by atoms with van der Waals surface area (Å²) in [6.07, 6.45) is 0.992. The molecular weight excluding hydrogens is 222 g/mol. The number of carbonyl (C=O) groups is 2. The molecule has 0 heterocycles. The Hall–Kier alpha value is -1.14. The second-order valence-electron chi connectivity index (χ2n) is 4.46. The predicted octanol–water partition coefficient (Wildman–Crippen LogP) is -0.411. The minimum Gasteiger partial charge on any atom is -0.481 e. The Balaban J connectivity index is 3.90. The van der Waals surface area contributed by atoms with Gasteiger partial charge < -0.3 is 20.6 Å². The number of hydrogen-bond acceptors (Lipinski definition) is 4. The van der Waals surface area contributed by atoms with Gasteiger partial charge in [0.05, 0.1) is 6.04 Å². The fourth-order valence-corrected chi connectivity index (χ4v) is 1.42. The molecule has 0 aliphatic rings. The Morgan fingerprint density at radius 3 is 2.29 bits per heavy atom. The van der Waals surface area contributed by atoms with Crippen molar-refractivity contribution in [1.82, 2.24) is 9.80 Å². The molecule has 0 rings (SSSR count). The Morgan fingerprint density at radius 1 is 1.24 bits per heavy atom. The van der Waals surface area contributed by atoms with Crippen molar-refractivity contribution in [2.24, 2.45) is 5.73 Å². The Kier molecular flexibility index (Phi) is 7.49. The molecule has 100 valence electrons. The van der Waals surface area contributed by atoms with Crippen LogP contribution < -0.4 is 5.73 Å². The van der Waals surface area contributed by atoms with E-state index in [0.29, 0.717) is 6.54 Å². The largest absolute Gasteiger partial charge is 0.481 e. The number of nitrogens with zero attached hydrogens (tertiary/aromatic N) is 2. The van der Waals surface area contributed by atoms with Crippen LogP contribution in [0.1, 0.15) is 19.3 Å². The van der Waals surface area contributed by atoms with E-state index in [2.05, 4.69) is 0 Å². The summed E-state index contributed by atoms with van der Waals surface area (Å²) in [5, 5.41) is 8.50. The summed E-state index contributed by atoms with van der Waals surface area (Å²) in [7, 11) is 5.64. The Morgan fingerprint density at radius 2 is 1.82 bits per heavy atom. The molecule has 1 unspecified atom stereocenters. The lowest BCUT2D eigenvalue weighted by atomic mass is 10.1. The van der Waals surface area contributed by atoms with E-state index in [9.17, 15) is 9.59 Å². The first-order valence-electron chi connectivity index (χ1n) is 5.71. The highest BCUT2D eigenvalue weighted by molar-refractivity contribution is 5.82. The maximum atomic E-state index is 11.7. The molecule has 0 saturated heterocycles. The molecule has 0 aliphatic heterocycles. The number of rotatable bonds is 8. The topological polar surface area (TPSA) is 86.9 Å². The number of carboxylic acid groups (broad SMARTS) is 1. The third-order valence-electron chi connectivity index (χ3n) is 2.46. The van der Waals surface area contributed by atoms with Crippen molar-refractivity contribution < 1.29 is 14.7 Å². The fourth-order valence-electron chi connectivity index (χ4n) is 1.42. The molecular formula is C11H23N3O3. The number of carbonyl (C=O) groups excluding carboxylic acids is 1. The van der Waals surface area contributed by atoms with Crippen LogP contribution in [0.4, 0.5) is 0 Å². The molecule has 0 aromatic rings. The van der Waals surface area contributed by atoms with E-state index in [1.807, 2.05) is 19.0 Å². The summed E-state index contributed by atoms with van der Waals surface area (Å²) in [6.45, 7) is 1.54. The lowest BCUT2D eigenvalue weighted by molar-refractivity contribution is -0.137. The summed E-state index contributed by atoms with van der Waals surface area (Å²) >= 11 is 0. The third kappa shape index (κ3) is 7.70. The molecule has 3 N–H and O–H groups in total. The van der Waals surface area contributed by atoms with E-state index in [4.69, 9.17) is 10.8 Å². The SMILES string of the molecule is CN(C)CCCN(C)C(=O)C(N)CCC(=O)O. The first-order chi connectivity index (χ1) is 7.84. The summed E-state index contributed by atoms with van der Waals surface area (Å²) in [5.74, 6) is -1.12. The molecule has 1 atom stereocenters. The van der Waals surface area contributed by atoms with Gasteiger partial charge in [-0.15, -0.1) is 0 Å². The second kappa shape index (κ2) is 8.03. The van der Waals surface area contributed by atoms with E-state index in [-0.39, 0.29) is 18.7 Å². The zero-order valence-electron chi connectivity index (χ0n) is 10.8. The van der Waals surface area contributed by atoms with Gasteiger partial charge in [-0.2, -0.15) is 0 Å². The summed E-state index contributed by atoms with van der Waals surface area (Å²) in [6, 6.07) is -0.713. The number of carboxylic acids is 1. The normalized spacial score (nSPS) is 12.5. The van der Waals surface area contributed by atoms with Gasteiger partial charge in [-0.3, -0.25) is 9.59 Å². The van der Waals surface area contributed by atoms with Crippen LogP contribution >= 0.6 is 0 Å². The zero-order chi connectivity index (χ0) is 13.4. The van der Waals surface area contributed by atoms with Gasteiger partial charge in [0.25, 0.3) is 0 Å². The van der Waals surface area contributed by atoms with Crippen molar-refractivity contribution >= 4 is 11.9 Å². The van der Waals surface area contributed by atoms with Gasteiger partial charge in [0.2, 0.25) is 5.91 Å². The number of aliphatic carboxylic acids is 1. The number of amides is 1. The molecule has 0 saturated carbocycles. The van der Waals surface area contributed by atoms with Crippen molar-refractivity contribution in [3.8, 4) is 0 Å². The van der Waals surface area contributed by atoms with Crippen LogP contribution in [0.25, 0.3) is 0 Å². The quantitative estimate of drug-likeness (QED) is 0.607. The van der Waals surface area contributed by atoms with E-state index >= 15 is 0 Å². The van der Waals surface area contributed by atoms with Crippen molar-refractivity contribution in [3.63, 3.8) is 0 Å². The minimum absolute atomic E-state index is 0.0710. The molecule has 0 fully saturated rings. The predicted molar refractivity (Wildman–Crippen MR) is 65.7 cm³/mol. The molecule has 0 aromatic carbocycles. The fraction of sp³-hybridized carbons (Fsp3) is 0.818. The van der Waals surface area contributed by atoms with Gasteiger partial charge in [-0.1, -0.05) is 0 Å². The second-order valence-corrected chi connectivity index (χ2v) is 4.46. The van der Waals surface area contributed by atoms with E-state index in [1.165, 1.54) is 0 Å². The monoisotopic (exact) mass is 245 g/mol. The highest BCUT2D eigenvalue weighted by atomic mass is 16.4. The van der Waals surface area contributed by atoms with Gasteiger partial charge in [0, 0.05) is 20.0 Å². The third-order valence-corrected chi connectivity index (χ3v) is 2.46. The van der Waals surface area contributed by atoms with Crippen LogP contribution in [-0.2, 0) is 9.59 Å². The first kappa shape index (κ1) is 15.9. The van der Waals surface area contributed by atoms with E-state index in [0.717, 1.165) is 13.0 Å². The molecule has 0 radical (unpaired) electrons. The molecule has 6 nitrogen and oxygen atoms in total. The molecule has 1 amide bonds. The maximum Gasteiger partial charge on any atom is 0.303 e. The standard InChI is InChI=1S/C11H23N3O3/c1-13(2)7-4-8-14(3)11(17)9(12)5-6-10(15)16/h9H,4-8,12H2,1-3H3,(H,15,16). The maximum absolute atomic E-state index is 11.7. The Labute approximate surface area is 102 Å². The number of likely N-dealkylation sites (N-methyl/N-ethyl adjacent to an activating group) is 1. The van der Waals surface area contributed by atoms with Crippen molar-refractivity contribution in [1.29, 1.82) is 0 Å². The van der Waals surface area contributed by atoms with Crippen LogP contribution in [0.2, 0.25) is 0 Å². The lowest BCUT2D eigenvalue weighted by Gasteiger charge is -2.21. The highest BCUT2D eigenvalue weighted by Gasteiger charge is 2.18. The lowest BCUT2D eigenvalue weighted by Crippen LogP contribution is -2.42. The van der Waals surface area contributed by atoms with Gasteiger partial charge in [0.15, 0.2) is 0 Å². The van der Waals surface area contributed by atoms with Crippen LogP contribution in [0.3, 0.4) is 0 Å². The van der Waals surface area contributed by atoms with Crippen molar-refractivity contribution in [2.45, 2.75) is 25.3 Å². The summed E-state index contributed by atoms with van der Waals surface area (Å²) in [4.78, 5) is 25.7. The average molecular weight is 245 g/mol. The molecule has 17 heavy (non-hydrogen) atoms. The molecule has 0 spiro atoms. The van der Waals surface area contributed by atoms with Crippen molar-refractivity contribution in [2.75, 3.05) is 34.2 Å². The van der Waals surface area contributed by atoms with Crippen LogP contribution in [0.5, 0.6) is 0 Å². The number of hydrogen-bond donors (Lipinski definition) is 2. The first-order valence-corrected chi connectivity index (χ1v) is 5.71. The van der Waals surface area contributed by atoms with Gasteiger partial charge in [-0.25, -0.2) is 0 Å². The molecule has 0 aliphatic carbocycles. The smallest absolute Gasteiger partial charge is 0.303 e. The molecule has 6 heteroatoms.